The van der Waals surface area contributed by atoms with E-state index in [2.05, 4.69) is 0 Å². The van der Waals surface area contributed by atoms with Crippen LogP contribution in [-0.2, 0) is 9.47 Å². The summed E-state index contributed by atoms with van der Waals surface area (Å²) in [4.78, 5) is 0. The first-order chi connectivity index (χ1) is 3.91. The van der Waals surface area contributed by atoms with E-state index in [0.717, 1.165) is 0 Å². The number of ether oxygens (including phenoxy) is 2. The van der Waals surface area contributed by atoms with Crippen LogP contribution in [0.25, 0.3) is 0 Å². The smallest absolute Gasteiger partial charge is 0.0700 e. The van der Waals surface area contributed by atoms with Crippen molar-refractivity contribution in [3.63, 3.8) is 0 Å². The molecule has 0 atom stereocenters. The summed E-state index contributed by atoms with van der Waals surface area (Å²) >= 11 is 0. The van der Waals surface area contributed by atoms with Crippen molar-refractivity contribution in [2.75, 3.05) is 33.5 Å². The van der Waals surface area contributed by atoms with Crippen molar-refractivity contribution in [2.24, 2.45) is 5.73 Å². The minimum atomic E-state index is 0. The number of nitrogens with two attached hydrogens (primary N) is 1. The van der Waals surface area contributed by atoms with Gasteiger partial charge in [0.05, 0.1) is 19.8 Å². The van der Waals surface area contributed by atoms with Gasteiger partial charge in [0.15, 0.2) is 0 Å². The van der Waals surface area contributed by atoms with Crippen LogP contribution in [0.4, 0.5) is 0 Å². The van der Waals surface area contributed by atoms with E-state index in [0.29, 0.717) is 26.4 Å². The Hall–Kier alpha value is -0.120. The van der Waals surface area contributed by atoms with Gasteiger partial charge < -0.3 is 15.2 Å². The Kier molecular flexibility index (Phi) is 14.0. The minimum absolute atomic E-state index is 0. The molecule has 0 fully saturated rings. The highest BCUT2D eigenvalue weighted by Gasteiger charge is 1.81. The van der Waals surface area contributed by atoms with Crippen LogP contribution < -0.4 is 5.73 Å². The number of methoxy groups -OCH3 is 1. The van der Waals surface area contributed by atoms with Crippen LogP contribution in [-0.4, -0.2) is 33.5 Å². The van der Waals surface area contributed by atoms with E-state index in [9.17, 15) is 0 Å². The zero-order valence-corrected chi connectivity index (χ0v) is 5.22. The third-order valence-corrected chi connectivity index (χ3v) is 0.694. The van der Waals surface area contributed by atoms with E-state index in [1.807, 2.05) is 0 Å². The van der Waals surface area contributed by atoms with E-state index in [1.54, 1.807) is 7.11 Å². The monoisotopic (exact) mass is 135 g/mol. The van der Waals surface area contributed by atoms with Crippen LogP contribution in [0.2, 0.25) is 0 Å². The van der Waals surface area contributed by atoms with Crippen LogP contribution in [0.3, 0.4) is 0 Å². The van der Waals surface area contributed by atoms with Gasteiger partial charge in [-0.25, -0.2) is 0 Å². The van der Waals surface area contributed by atoms with E-state index < -0.39 is 0 Å². The number of hydrogen-bond donors (Lipinski definition) is 1. The summed E-state index contributed by atoms with van der Waals surface area (Å²) in [5.74, 6) is 0. The molecular weight excluding hydrogens is 118 g/mol. The highest BCUT2D eigenvalue weighted by molar-refractivity contribution is 4.30. The van der Waals surface area contributed by atoms with Crippen molar-refractivity contribution < 1.29 is 9.47 Å². The first-order valence-electron chi connectivity index (χ1n) is 2.68. The Balaban J connectivity index is 0. The average Bonchev–Trinajstić information content (AvgIpc) is 1.81. The molecule has 2 N–H and O–H groups in total. The van der Waals surface area contributed by atoms with Crippen molar-refractivity contribution in [1.29, 1.82) is 0 Å². The Morgan fingerprint density at radius 3 is 2.33 bits per heavy atom. The van der Waals surface area contributed by atoms with E-state index in [-0.39, 0.29) is 7.43 Å². The zero-order chi connectivity index (χ0) is 6.24. The molecule has 3 nitrogen and oxygen atoms in total. The zero-order valence-electron chi connectivity index (χ0n) is 5.22. The van der Waals surface area contributed by atoms with Gasteiger partial charge >= 0.3 is 0 Å². The topological polar surface area (TPSA) is 44.5 Å². The Morgan fingerprint density at radius 2 is 1.89 bits per heavy atom. The third kappa shape index (κ3) is 11.4. The Morgan fingerprint density at radius 1 is 1.22 bits per heavy atom. The molecule has 0 amide bonds. The molecule has 58 valence electrons. The van der Waals surface area contributed by atoms with Crippen molar-refractivity contribution in [3.05, 3.63) is 0 Å². The fraction of sp³-hybridized carbons (Fsp3) is 1.00. The van der Waals surface area contributed by atoms with Crippen molar-refractivity contribution in [3.8, 4) is 0 Å². The summed E-state index contributed by atoms with van der Waals surface area (Å²) < 4.78 is 9.70. The maximum atomic E-state index is 5.14. The largest absolute Gasteiger partial charge is 0.382 e. The molecule has 0 aromatic carbocycles. The fourth-order valence-corrected chi connectivity index (χ4v) is 0.328. The summed E-state index contributed by atoms with van der Waals surface area (Å²) in [5, 5.41) is 0. The van der Waals surface area contributed by atoms with Gasteiger partial charge in [0, 0.05) is 13.7 Å². The van der Waals surface area contributed by atoms with Gasteiger partial charge in [-0.1, -0.05) is 7.43 Å². The predicted molar refractivity (Wildman–Crippen MR) is 38.5 cm³/mol. The molecule has 9 heavy (non-hydrogen) atoms. The third-order valence-electron chi connectivity index (χ3n) is 0.694. The molecule has 0 saturated carbocycles. The maximum absolute atomic E-state index is 5.14. The SMILES string of the molecule is C.COCCOCCN. The molecule has 0 aliphatic carbocycles. The molecule has 3 heteroatoms. The summed E-state index contributed by atoms with van der Waals surface area (Å²) in [5.41, 5.74) is 5.14. The van der Waals surface area contributed by atoms with Crippen molar-refractivity contribution >= 4 is 0 Å². The Labute approximate surface area is 57.1 Å². The molecular formula is C6H17NO2. The second-order valence-corrected chi connectivity index (χ2v) is 1.39. The second kappa shape index (κ2) is 10.8. The first kappa shape index (κ1) is 11.6. The van der Waals surface area contributed by atoms with Crippen LogP contribution in [0.5, 0.6) is 0 Å². The van der Waals surface area contributed by atoms with Crippen LogP contribution in [0, 0.1) is 0 Å². The predicted octanol–water partition coefficient (Wildman–Crippen LogP) is 0.244. The summed E-state index contributed by atoms with van der Waals surface area (Å²) in [7, 11) is 1.64. The molecule has 0 spiro atoms. The normalized spacial score (nSPS) is 8.67. The highest BCUT2D eigenvalue weighted by atomic mass is 16.5. The van der Waals surface area contributed by atoms with E-state index in [4.69, 9.17) is 15.2 Å². The molecule has 0 aromatic heterocycles. The molecule has 0 bridgehead atoms. The fourth-order valence-electron chi connectivity index (χ4n) is 0.328. The van der Waals surface area contributed by atoms with Gasteiger partial charge in [0.25, 0.3) is 0 Å². The number of rotatable bonds is 5. The number of hydrogen-bond acceptors (Lipinski definition) is 3. The van der Waals surface area contributed by atoms with Crippen molar-refractivity contribution in [2.45, 2.75) is 7.43 Å². The van der Waals surface area contributed by atoms with Gasteiger partial charge in [-0.05, 0) is 0 Å². The van der Waals surface area contributed by atoms with Crippen LogP contribution >= 0.6 is 0 Å². The van der Waals surface area contributed by atoms with E-state index >= 15 is 0 Å². The van der Waals surface area contributed by atoms with E-state index in [1.165, 1.54) is 0 Å². The maximum Gasteiger partial charge on any atom is 0.0700 e. The molecule has 0 radical (unpaired) electrons. The van der Waals surface area contributed by atoms with Gasteiger partial charge in [0.2, 0.25) is 0 Å². The highest BCUT2D eigenvalue weighted by Crippen LogP contribution is 1.71. The van der Waals surface area contributed by atoms with Crippen LogP contribution in [0.15, 0.2) is 0 Å². The molecule has 0 aliphatic heterocycles. The first-order valence-corrected chi connectivity index (χ1v) is 2.68. The molecule has 0 unspecified atom stereocenters. The lowest BCUT2D eigenvalue weighted by Gasteiger charge is -1.98. The lowest BCUT2D eigenvalue weighted by molar-refractivity contribution is 0.0747. The average molecular weight is 135 g/mol. The summed E-state index contributed by atoms with van der Waals surface area (Å²) in [6, 6.07) is 0. The van der Waals surface area contributed by atoms with Crippen LogP contribution in [0.1, 0.15) is 7.43 Å². The molecule has 0 heterocycles. The Bertz CT molecular complexity index is 36.0. The van der Waals surface area contributed by atoms with Gasteiger partial charge in [-0.2, -0.15) is 0 Å². The molecule has 0 rings (SSSR count). The standard InChI is InChI=1S/C5H13NO2.CH4/c1-7-4-5-8-3-2-6;/h2-6H2,1H3;1H4. The summed E-state index contributed by atoms with van der Waals surface area (Å²) in [6.07, 6.45) is 0. The molecule has 0 aromatic rings. The quantitative estimate of drug-likeness (QED) is 0.549. The lowest BCUT2D eigenvalue weighted by Crippen LogP contribution is -2.11. The van der Waals surface area contributed by atoms with Gasteiger partial charge in [-0.15, -0.1) is 0 Å². The van der Waals surface area contributed by atoms with Gasteiger partial charge in [-0.3, -0.25) is 0 Å². The molecule has 0 aliphatic rings. The van der Waals surface area contributed by atoms with Crippen molar-refractivity contribution in [1.82, 2.24) is 0 Å². The summed E-state index contributed by atoms with van der Waals surface area (Å²) in [6.45, 7) is 2.51. The van der Waals surface area contributed by atoms with Gasteiger partial charge in [0.1, 0.15) is 0 Å². The second-order valence-electron chi connectivity index (χ2n) is 1.39. The minimum Gasteiger partial charge on any atom is -0.382 e. The lowest BCUT2D eigenvalue weighted by atomic mass is 10.7. The molecule has 0 saturated heterocycles.